The molecule has 0 spiro atoms. The minimum atomic E-state index is -0.813. The maximum Gasteiger partial charge on any atom is 0.308 e. The fourth-order valence-corrected chi connectivity index (χ4v) is 3.83. The molecular weight excluding hydrogens is 310 g/mol. The van der Waals surface area contributed by atoms with E-state index < -0.39 is 11.9 Å². The number of nitrogens with zero attached hydrogens (tertiary/aromatic N) is 1. The van der Waals surface area contributed by atoms with Crippen molar-refractivity contribution in [2.45, 2.75) is 19.8 Å². The lowest BCUT2D eigenvalue weighted by molar-refractivity contribution is -0.143. The highest BCUT2D eigenvalue weighted by molar-refractivity contribution is 7.12. The molecule has 5 heteroatoms. The smallest absolute Gasteiger partial charge is 0.308 e. The van der Waals surface area contributed by atoms with Gasteiger partial charge in [0.25, 0.3) is 5.91 Å². The van der Waals surface area contributed by atoms with Crippen LogP contribution in [0.25, 0.3) is 11.1 Å². The number of likely N-dealkylation sites (tertiary alicyclic amines) is 1. The zero-order valence-corrected chi connectivity index (χ0v) is 13.8. The average molecular weight is 329 g/mol. The Morgan fingerprint density at radius 3 is 2.65 bits per heavy atom. The number of aryl methyl sites for hydroxylation is 1. The first-order valence-electron chi connectivity index (χ1n) is 7.73. The van der Waals surface area contributed by atoms with E-state index in [4.69, 9.17) is 0 Å². The number of hydrogen-bond donors (Lipinski definition) is 1. The molecule has 0 radical (unpaired) electrons. The number of thiophene rings is 1. The van der Waals surface area contributed by atoms with E-state index in [0.717, 1.165) is 17.5 Å². The van der Waals surface area contributed by atoms with Crippen LogP contribution in [0.1, 0.15) is 28.1 Å². The van der Waals surface area contributed by atoms with Gasteiger partial charge in [0.15, 0.2) is 0 Å². The molecule has 1 fully saturated rings. The number of carboxylic acid groups (broad SMARTS) is 1. The van der Waals surface area contributed by atoms with Crippen molar-refractivity contribution < 1.29 is 14.7 Å². The molecule has 1 aliphatic heterocycles. The highest BCUT2D eigenvalue weighted by Gasteiger charge is 2.30. The molecule has 0 aliphatic carbocycles. The van der Waals surface area contributed by atoms with Crippen LogP contribution in [0, 0.1) is 12.8 Å². The van der Waals surface area contributed by atoms with E-state index in [2.05, 4.69) is 0 Å². The predicted octanol–water partition coefficient (Wildman–Crippen LogP) is 3.66. The Balaban J connectivity index is 1.85. The van der Waals surface area contributed by atoms with Gasteiger partial charge in [0.2, 0.25) is 0 Å². The quantitative estimate of drug-likeness (QED) is 0.935. The first-order valence-corrected chi connectivity index (χ1v) is 8.61. The molecule has 1 aliphatic rings. The number of carbonyl (C=O) groups is 2. The topological polar surface area (TPSA) is 57.6 Å². The summed E-state index contributed by atoms with van der Waals surface area (Å²) in [6, 6.07) is 10.1. The zero-order valence-electron chi connectivity index (χ0n) is 13.0. The molecular formula is C18H19NO3S. The average Bonchev–Trinajstić information content (AvgIpc) is 3.04. The van der Waals surface area contributed by atoms with Crippen LogP contribution in [0.2, 0.25) is 0 Å². The van der Waals surface area contributed by atoms with Gasteiger partial charge < -0.3 is 10.0 Å². The van der Waals surface area contributed by atoms with Gasteiger partial charge in [-0.05, 0) is 36.8 Å². The second-order valence-corrected chi connectivity index (χ2v) is 6.87. The van der Waals surface area contributed by atoms with Gasteiger partial charge in [0, 0.05) is 18.7 Å². The Labute approximate surface area is 139 Å². The van der Waals surface area contributed by atoms with E-state index in [1.165, 1.54) is 16.9 Å². The first kappa shape index (κ1) is 15.7. The Morgan fingerprint density at radius 2 is 1.96 bits per heavy atom. The summed E-state index contributed by atoms with van der Waals surface area (Å²) in [7, 11) is 0. The molecule has 120 valence electrons. The van der Waals surface area contributed by atoms with Crippen LogP contribution < -0.4 is 0 Å². The minimum absolute atomic E-state index is 0.0541. The lowest BCUT2D eigenvalue weighted by Crippen LogP contribution is -2.42. The van der Waals surface area contributed by atoms with Crippen molar-refractivity contribution in [2.24, 2.45) is 5.92 Å². The normalized spacial score (nSPS) is 18.0. The lowest BCUT2D eigenvalue weighted by Gasteiger charge is -2.30. The largest absolute Gasteiger partial charge is 0.481 e. The van der Waals surface area contributed by atoms with Crippen LogP contribution in [0.15, 0.2) is 35.7 Å². The van der Waals surface area contributed by atoms with Crippen LogP contribution in [0.3, 0.4) is 0 Å². The summed E-state index contributed by atoms with van der Waals surface area (Å²) in [4.78, 5) is 26.4. The number of carbonyl (C=O) groups excluding carboxylic acids is 1. The predicted molar refractivity (Wildman–Crippen MR) is 90.8 cm³/mol. The third kappa shape index (κ3) is 3.29. The Bertz CT molecular complexity index is 720. The summed E-state index contributed by atoms with van der Waals surface area (Å²) >= 11 is 1.42. The monoisotopic (exact) mass is 329 g/mol. The fraction of sp³-hybridized carbons (Fsp3) is 0.333. The van der Waals surface area contributed by atoms with Crippen LogP contribution in [-0.2, 0) is 4.79 Å². The van der Waals surface area contributed by atoms with E-state index in [1.54, 1.807) is 4.90 Å². The molecule has 1 atom stereocenters. The van der Waals surface area contributed by atoms with Crippen LogP contribution in [0.5, 0.6) is 0 Å². The standard InChI is InChI=1S/C18H19NO3S/c1-12-4-6-13(7-5-12)15-8-10-23-16(15)17(20)19-9-2-3-14(11-19)18(21)22/h4-8,10,14H,2-3,9,11H2,1H3,(H,21,22)/t14-/m0/s1. The SMILES string of the molecule is Cc1ccc(-c2ccsc2C(=O)N2CCC[C@H](C(=O)O)C2)cc1. The van der Waals surface area contributed by atoms with E-state index >= 15 is 0 Å². The fourth-order valence-electron chi connectivity index (χ4n) is 2.94. The summed E-state index contributed by atoms with van der Waals surface area (Å²) in [5, 5.41) is 11.1. The van der Waals surface area contributed by atoms with Gasteiger partial charge in [-0.15, -0.1) is 11.3 Å². The molecule has 1 amide bonds. The molecule has 2 heterocycles. The molecule has 3 rings (SSSR count). The molecule has 0 saturated carbocycles. The molecule has 2 aromatic rings. The number of amides is 1. The van der Waals surface area contributed by atoms with Crippen molar-refractivity contribution in [1.29, 1.82) is 0 Å². The van der Waals surface area contributed by atoms with Gasteiger partial charge >= 0.3 is 5.97 Å². The van der Waals surface area contributed by atoms with Crippen molar-refractivity contribution in [1.82, 2.24) is 4.90 Å². The zero-order chi connectivity index (χ0) is 16.4. The Hall–Kier alpha value is -2.14. The second kappa shape index (κ2) is 6.54. The summed E-state index contributed by atoms with van der Waals surface area (Å²) in [6.07, 6.45) is 1.39. The molecule has 1 aromatic carbocycles. The van der Waals surface area contributed by atoms with E-state index in [0.29, 0.717) is 24.4 Å². The van der Waals surface area contributed by atoms with Crippen LogP contribution in [0.4, 0.5) is 0 Å². The van der Waals surface area contributed by atoms with Crippen molar-refractivity contribution in [3.63, 3.8) is 0 Å². The lowest BCUT2D eigenvalue weighted by atomic mass is 9.97. The van der Waals surface area contributed by atoms with Gasteiger partial charge in [-0.1, -0.05) is 29.8 Å². The van der Waals surface area contributed by atoms with Crippen molar-refractivity contribution in [3.05, 3.63) is 46.2 Å². The number of aliphatic carboxylic acids is 1. The van der Waals surface area contributed by atoms with Crippen molar-refractivity contribution in [2.75, 3.05) is 13.1 Å². The molecule has 0 unspecified atom stereocenters. The van der Waals surface area contributed by atoms with E-state index in [9.17, 15) is 14.7 Å². The molecule has 4 nitrogen and oxygen atoms in total. The van der Waals surface area contributed by atoms with Crippen molar-refractivity contribution in [3.8, 4) is 11.1 Å². The Morgan fingerprint density at radius 1 is 1.22 bits per heavy atom. The summed E-state index contributed by atoms with van der Waals surface area (Å²) in [5.74, 6) is -1.32. The maximum absolute atomic E-state index is 12.8. The summed E-state index contributed by atoms with van der Waals surface area (Å²) in [6.45, 7) is 2.97. The molecule has 1 N–H and O–H groups in total. The van der Waals surface area contributed by atoms with Crippen LogP contribution in [-0.4, -0.2) is 35.0 Å². The third-order valence-corrected chi connectivity index (χ3v) is 5.18. The number of piperidine rings is 1. The van der Waals surface area contributed by atoms with E-state index in [1.807, 2.05) is 42.6 Å². The molecule has 1 saturated heterocycles. The third-order valence-electron chi connectivity index (χ3n) is 4.28. The van der Waals surface area contributed by atoms with Crippen LogP contribution >= 0.6 is 11.3 Å². The Kier molecular flexibility index (Phi) is 4.48. The number of hydrogen-bond acceptors (Lipinski definition) is 3. The maximum atomic E-state index is 12.8. The highest BCUT2D eigenvalue weighted by atomic mass is 32.1. The van der Waals surface area contributed by atoms with Gasteiger partial charge in [-0.2, -0.15) is 0 Å². The van der Waals surface area contributed by atoms with Gasteiger partial charge in [0.1, 0.15) is 0 Å². The highest BCUT2D eigenvalue weighted by Crippen LogP contribution is 2.31. The second-order valence-electron chi connectivity index (χ2n) is 5.96. The molecule has 1 aromatic heterocycles. The number of rotatable bonds is 3. The van der Waals surface area contributed by atoms with Gasteiger partial charge in [0.05, 0.1) is 10.8 Å². The number of benzene rings is 1. The van der Waals surface area contributed by atoms with Gasteiger partial charge in [-0.25, -0.2) is 0 Å². The molecule has 0 bridgehead atoms. The van der Waals surface area contributed by atoms with Gasteiger partial charge in [-0.3, -0.25) is 9.59 Å². The molecule has 23 heavy (non-hydrogen) atoms. The first-order chi connectivity index (χ1) is 11.1. The minimum Gasteiger partial charge on any atom is -0.481 e. The summed E-state index contributed by atoms with van der Waals surface area (Å²) in [5.41, 5.74) is 3.13. The van der Waals surface area contributed by atoms with Crippen molar-refractivity contribution >= 4 is 23.2 Å². The number of carboxylic acids is 1. The van der Waals surface area contributed by atoms with E-state index in [-0.39, 0.29) is 5.91 Å². The summed E-state index contributed by atoms with van der Waals surface area (Å²) < 4.78 is 0.